The molecule has 2 N–H and O–H groups in total. The summed E-state index contributed by atoms with van der Waals surface area (Å²) in [5.41, 5.74) is -0.287. The lowest BCUT2D eigenvalue weighted by molar-refractivity contribution is -0.0683. The number of nitrogens with one attached hydrogen (secondary N) is 1. The van der Waals surface area contributed by atoms with Gasteiger partial charge in [0.25, 0.3) is 0 Å². The second-order valence-corrected chi connectivity index (χ2v) is 6.22. The standard InChI is InChI=1S/C13H18N2O3/c16-11-9-3-8-4-13(5-9,6-10(8)11)18-12(17)15-2-1-14-7-15/h1-2,8-11,14,16H,3-7H2. The zero-order valence-electron chi connectivity index (χ0n) is 10.2. The van der Waals surface area contributed by atoms with Gasteiger partial charge in [0.15, 0.2) is 0 Å². The van der Waals surface area contributed by atoms with Gasteiger partial charge in [-0.25, -0.2) is 4.79 Å². The van der Waals surface area contributed by atoms with E-state index in [1.54, 1.807) is 17.3 Å². The summed E-state index contributed by atoms with van der Waals surface area (Å²) < 4.78 is 5.79. The lowest BCUT2D eigenvalue weighted by Crippen LogP contribution is -2.45. The molecule has 5 nitrogen and oxygen atoms in total. The molecule has 5 rings (SSSR count). The van der Waals surface area contributed by atoms with Crippen molar-refractivity contribution >= 4 is 6.09 Å². The van der Waals surface area contributed by atoms with Crippen LogP contribution in [0.5, 0.6) is 0 Å². The maximum absolute atomic E-state index is 12.0. The molecule has 5 aliphatic rings. The van der Waals surface area contributed by atoms with Crippen molar-refractivity contribution in [1.29, 1.82) is 0 Å². The summed E-state index contributed by atoms with van der Waals surface area (Å²) in [5.74, 6) is 1.28. The summed E-state index contributed by atoms with van der Waals surface area (Å²) in [6.45, 7) is 0.494. The number of ether oxygens (including phenoxy) is 1. The summed E-state index contributed by atoms with van der Waals surface area (Å²) in [6.07, 6.45) is 6.81. The highest BCUT2D eigenvalue weighted by Gasteiger charge is 2.62. The van der Waals surface area contributed by atoms with E-state index in [1.165, 1.54) is 0 Å². The average molecular weight is 250 g/mol. The summed E-state index contributed by atoms with van der Waals surface area (Å²) in [6, 6.07) is 0. The van der Waals surface area contributed by atoms with Gasteiger partial charge in [-0.3, -0.25) is 4.90 Å². The van der Waals surface area contributed by atoms with Crippen LogP contribution in [0.15, 0.2) is 12.4 Å². The minimum Gasteiger partial charge on any atom is -0.442 e. The van der Waals surface area contributed by atoms with Crippen molar-refractivity contribution in [2.45, 2.75) is 37.4 Å². The molecular weight excluding hydrogens is 232 g/mol. The lowest BCUT2D eigenvalue weighted by atomic mass is 9.77. The van der Waals surface area contributed by atoms with Crippen LogP contribution >= 0.6 is 0 Å². The van der Waals surface area contributed by atoms with Gasteiger partial charge in [0.1, 0.15) is 5.60 Å². The van der Waals surface area contributed by atoms with E-state index in [0.717, 1.165) is 25.7 Å². The van der Waals surface area contributed by atoms with E-state index in [4.69, 9.17) is 4.74 Å². The molecule has 18 heavy (non-hydrogen) atoms. The Morgan fingerprint density at radius 3 is 2.89 bits per heavy atom. The minimum atomic E-state index is -0.287. The van der Waals surface area contributed by atoms with Gasteiger partial charge in [-0.05, 0) is 43.4 Å². The van der Waals surface area contributed by atoms with Gasteiger partial charge in [0, 0.05) is 12.4 Å². The second kappa shape index (κ2) is 3.41. The van der Waals surface area contributed by atoms with Gasteiger partial charge >= 0.3 is 6.09 Å². The summed E-state index contributed by atoms with van der Waals surface area (Å²) in [5, 5.41) is 13.1. The van der Waals surface area contributed by atoms with E-state index >= 15 is 0 Å². The van der Waals surface area contributed by atoms with Gasteiger partial charge in [-0.15, -0.1) is 0 Å². The van der Waals surface area contributed by atoms with E-state index in [2.05, 4.69) is 5.32 Å². The fourth-order valence-electron chi connectivity index (χ4n) is 4.53. The van der Waals surface area contributed by atoms with Crippen molar-refractivity contribution in [3.05, 3.63) is 12.4 Å². The fourth-order valence-corrected chi connectivity index (χ4v) is 4.53. The Bertz CT molecular complexity index is 420. The topological polar surface area (TPSA) is 61.8 Å². The summed E-state index contributed by atoms with van der Waals surface area (Å²) in [7, 11) is 0. The molecule has 4 saturated carbocycles. The Balaban J connectivity index is 1.50. The quantitative estimate of drug-likeness (QED) is 0.729. The van der Waals surface area contributed by atoms with Crippen LogP contribution < -0.4 is 5.32 Å². The minimum absolute atomic E-state index is 0.155. The third-order valence-corrected chi connectivity index (χ3v) is 5.18. The number of nitrogens with zero attached hydrogens (tertiary/aromatic N) is 1. The Morgan fingerprint density at radius 2 is 2.22 bits per heavy atom. The molecule has 1 amide bonds. The van der Waals surface area contributed by atoms with Crippen LogP contribution in [0.1, 0.15) is 25.7 Å². The van der Waals surface area contributed by atoms with Crippen LogP contribution in [0.4, 0.5) is 4.79 Å². The number of rotatable bonds is 1. The molecule has 5 heteroatoms. The molecular formula is C13H18N2O3. The molecule has 98 valence electrons. The molecule has 5 atom stereocenters. The third-order valence-electron chi connectivity index (χ3n) is 5.18. The van der Waals surface area contributed by atoms with Crippen LogP contribution in [0.25, 0.3) is 0 Å². The van der Waals surface area contributed by atoms with Crippen molar-refractivity contribution in [2.24, 2.45) is 17.8 Å². The Labute approximate surface area is 106 Å². The molecule has 0 aromatic carbocycles. The lowest BCUT2D eigenvalue weighted by Gasteiger charge is -2.40. The van der Waals surface area contributed by atoms with Crippen molar-refractivity contribution in [2.75, 3.05) is 6.67 Å². The monoisotopic (exact) mass is 250 g/mol. The van der Waals surface area contributed by atoms with Gasteiger partial charge in [-0.2, -0.15) is 0 Å². The van der Waals surface area contributed by atoms with E-state index < -0.39 is 0 Å². The second-order valence-electron chi connectivity index (χ2n) is 6.22. The number of aliphatic hydroxyl groups is 1. The van der Waals surface area contributed by atoms with E-state index in [1.807, 2.05) is 0 Å². The Kier molecular flexibility index (Phi) is 2.02. The van der Waals surface area contributed by atoms with Crippen molar-refractivity contribution in [1.82, 2.24) is 10.2 Å². The SMILES string of the molecule is O=C(OC12CC3CC(C1)C(C2)C3O)N1C=CNC1. The molecule has 0 spiro atoms. The van der Waals surface area contributed by atoms with Gasteiger partial charge in [0.2, 0.25) is 0 Å². The first kappa shape index (κ1) is 10.7. The summed E-state index contributed by atoms with van der Waals surface area (Å²) >= 11 is 0. The molecule has 4 aliphatic carbocycles. The Morgan fingerprint density at radius 1 is 1.39 bits per heavy atom. The first-order valence-corrected chi connectivity index (χ1v) is 6.75. The molecule has 1 heterocycles. The van der Waals surface area contributed by atoms with Crippen molar-refractivity contribution in [3.8, 4) is 0 Å². The van der Waals surface area contributed by atoms with Crippen LogP contribution in [0.3, 0.4) is 0 Å². The van der Waals surface area contributed by atoms with Crippen LogP contribution in [-0.4, -0.2) is 34.5 Å². The predicted octanol–water partition coefficient (Wildman–Crippen LogP) is 1.01. The Hall–Kier alpha value is -1.23. The fraction of sp³-hybridized carbons (Fsp3) is 0.769. The largest absolute Gasteiger partial charge is 0.442 e. The number of hydrogen-bond donors (Lipinski definition) is 2. The zero-order chi connectivity index (χ0) is 12.3. The van der Waals surface area contributed by atoms with E-state index in [-0.39, 0.29) is 17.8 Å². The van der Waals surface area contributed by atoms with Crippen LogP contribution in [-0.2, 0) is 4.74 Å². The molecule has 4 bridgehead atoms. The van der Waals surface area contributed by atoms with E-state index in [9.17, 15) is 9.90 Å². The van der Waals surface area contributed by atoms with Crippen molar-refractivity contribution in [3.63, 3.8) is 0 Å². The first-order valence-electron chi connectivity index (χ1n) is 6.75. The molecule has 5 unspecified atom stereocenters. The number of carbonyl (C=O) groups excluding carboxylic acids is 1. The number of aliphatic hydroxyl groups excluding tert-OH is 1. The maximum atomic E-state index is 12.0. The number of amides is 1. The molecule has 0 saturated heterocycles. The first-order chi connectivity index (χ1) is 8.67. The molecule has 0 aromatic heterocycles. The van der Waals surface area contributed by atoms with Crippen LogP contribution in [0.2, 0.25) is 0 Å². The maximum Gasteiger partial charge on any atom is 0.415 e. The smallest absolute Gasteiger partial charge is 0.415 e. The van der Waals surface area contributed by atoms with Gasteiger partial charge in [-0.1, -0.05) is 0 Å². The summed E-state index contributed by atoms with van der Waals surface area (Å²) in [4.78, 5) is 13.6. The molecule has 1 aliphatic heterocycles. The predicted molar refractivity (Wildman–Crippen MR) is 63.1 cm³/mol. The normalized spacial score (nSPS) is 47.7. The highest BCUT2D eigenvalue weighted by Crippen LogP contribution is 2.61. The molecule has 4 fully saturated rings. The number of hydrogen-bond acceptors (Lipinski definition) is 4. The van der Waals surface area contributed by atoms with E-state index in [0.29, 0.717) is 24.4 Å². The number of carbonyl (C=O) groups is 1. The van der Waals surface area contributed by atoms with Gasteiger partial charge in [0.05, 0.1) is 12.8 Å². The third kappa shape index (κ3) is 1.34. The average Bonchev–Trinajstić information content (AvgIpc) is 2.99. The highest BCUT2D eigenvalue weighted by atomic mass is 16.6. The highest BCUT2D eigenvalue weighted by molar-refractivity contribution is 5.70. The van der Waals surface area contributed by atoms with Crippen LogP contribution in [0, 0.1) is 17.8 Å². The van der Waals surface area contributed by atoms with Crippen molar-refractivity contribution < 1.29 is 14.6 Å². The zero-order valence-corrected chi connectivity index (χ0v) is 10.2. The molecule has 0 aromatic rings. The molecule has 0 radical (unpaired) electrons. The van der Waals surface area contributed by atoms with Gasteiger partial charge < -0.3 is 15.2 Å².